The number of hydrogen-bond donors (Lipinski definition) is 2. The van der Waals surface area contributed by atoms with Crippen molar-refractivity contribution in [2.75, 3.05) is 13.7 Å². The van der Waals surface area contributed by atoms with Crippen LogP contribution in [-0.2, 0) is 21.4 Å². The molecule has 0 aliphatic carbocycles. The summed E-state index contributed by atoms with van der Waals surface area (Å²) in [6.07, 6.45) is 0.278. The van der Waals surface area contributed by atoms with E-state index < -0.39 is 53.5 Å². The van der Waals surface area contributed by atoms with E-state index in [1.165, 1.54) is 19.1 Å². The van der Waals surface area contributed by atoms with Crippen molar-refractivity contribution in [3.05, 3.63) is 16.4 Å². The Morgan fingerprint density at radius 2 is 1.65 bits per heavy atom. The Kier molecular flexibility index (Phi) is 10.9. The van der Waals surface area contributed by atoms with Crippen LogP contribution in [0.2, 0.25) is 0 Å². The van der Waals surface area contributed by atoms with Crippen LogP contribution < -0.4 is 16.4 Å². The lowest BCUT2D eigenvalue weighted by Gasteiger charge is -2.31. The lowest BCUT2D eigenvalue weighted by atomic mass is 9.98. The van der Waals surface area contributed by atoms with Crippen LogP contribution in [0.15, 0.2) is 9.21 Å². The van der Waals surface area contributed by atoms with Crippen LogP contribution in [0.25, 0.3) is 0 Å². The van der Waals surface area contributed by atoms with Crippen LogP contribution in [0.3, 0.4) is 0 Å². The van der Waals surface area contributed by atoms with Crippen molar-refractivity contribution >= 4 is 23.7 Å². The van der Waals surface area contributed by atoms with Gasteiger partial charge in [-0.05, 0) is 24.7 Å². The Bertz CT molecular complexity index is 921. The molecule has 1 aromatic rings. The average molecular weight is 484 g/mol. The summed E-state index contributed by atoms with van der Waals surface area (Å²) in [5.41, 5.74) is 0. The Labute approximate surface area is 199 Å². The van der Waals surface area contributed by atoms with E-state index in [1.807, 2.05) is 13.8 Å². The Hall–Kier alpha value is -3.18. The van der Waals surface area contributed by atoms with Crippen LogP contribution >= 0.6 is 0 Å². The summed E-state index contributed by atoms with van der Waals surface area (Å²) >= 11 is 0. The zero-order chi connectivity index (χ0) is 26.2. The van der Waals surface area contributed by atoms with Crippen molar-refractivity contribution in [2.45, 2.75) is 72.5 Å². The molecule has 0 aromatic carbocycles. The van der Waals surface area contributed by atoms with Gasteiger partial charge < -0.3 is 24.7 Å². The molecular weight excluding hydrogens is 446 g/mol. The summed E-state index contributed by atoms with van der Waals surface area (Å²) in [6, 6.07) is -2.65. The monoisotopic (exact) mass is 483 g/mol. The molecule has 1 aliphatic rings. The number of nitrogens with zero attached hydrogens (tertiary/aromatic N) is 3. The van der Waals surface area contributed by atoms with Crippen molar-refractivity contribution in [1.82, 2.24) is 25.3 Å². The zero-order valence-corrected chi connectivity index (χ0v) is 21.2. The number of rotatable bonds is 8. The minimum Gasteiger partial charge on any atom is -0.453 e. The number of ketones is 1. The van der Waals surface area contributed by atoms with Gasteiger partial charge >= 0.3 is 11.8 Å². The summed E-state index contributed by atoms with van der Waals surface area (Å²) in [7, 11) is 2.55. The quantitative estimate of drug-likeness (QED) is 0.521. The molecule has 12 nitrogen and oxygen atoms in total. The number of hydrogen-bond acceptors (Lipinski definition) is 8. The van der Waals surface area contributed by atoms with Gasteiger partial charge in [-0.25, -0.2) is 9.59 Å². The third kappa shape index (κ3) is 6.91. The molecule has 0 radical (unpaired) electrons. The molecular formula is C22H37N5O7. The van der Waals surface area contributed by atoms with E-state index in [0.717, 1.165) is 4.68 Å². The highest BCUT2D eigenvalue weighted by Gasteiger charge is 2.40. The average Bonchev–Trinajstić information content (AvgIpc) is 3.42. The van der Waals surface area contributed by atoms with E-state index in [4.69, 9.17) is 4.42 Å². The van der Waals surface area contributed by atoms with Gasteiger partial charge in [-0.3, -0.25) is 14.4 Å². The Balaban J connectivity index is 0.00000281. The van der Waals surface area contributed by atoms with Crippen LogP contribution in [-0.4, -0.2) is 70.2 Å². The van der Waals surface area contributed by atoms with Gasteiger partial charge in [0.15, 0.2) is 0 Å². The topological polar surface area (TPSA) is 153 Å². The molecule has 2 N–H and O–H groups in total. The lowest BCUT2D eigenvalue weighted by Crippen LogP contribution is -2.57. The SMILES string of the molecule is CC.COC(=O)N[C@H](C(=O)N1CCC[C@H]1C(=O)N[C@H](C(=O)c1nn(C)c(=O)o1)C(C)C)C(C)C. The number of aryl methyl sites for hydroxylation is 1. The molecule has 34 heavy (non-hydrogen) atoms. The molecule has 0 bridgehead atoms. The summed E-state index contributed by atoms with van der Waals surface area (Å²) in [6.45, 7) is 11.4. The van der Waals surface area contributed by atoms with Gasteiger partial charge in [-0.1, -0.05) is 41.5 Å². The molecule has 0 unspecified atom stereocenters. The predicted octanol–water partition coefficient (Wildman–Crippen LogP) is 1.09. The molecule has 1 saturated heterocycles. The van der Waals surface area contributed by atoms with E-state index in [1.54, 1.807) is 27.7 Å². The number of carbonyl (C=O) groups is 4. The molecule has 12 heteroatoms. The minimum absolute atomic E-state index is 0.233. The second-order valence-corrected chi connectivity index (χ2v) is 8.44. The highest BCUT2D eigenvalue weighted by Crippen LogP contribution is 2.21. The first kappa shape index (κ1) is 28.9. The first-order chi connectivity index (χ1) is 16.0. The van der Waals surface area contributed by atoms with Gasteiger partial charge in [0.25, 0.3) is 5.89 Å². The lowest BCUT2D eigenvalue weighted by molar-refractivity contribution is -0.141. The van der Waals surface area contributed by atoms with E-state index in [2.05, 4.69) is 20.5 Å². The van der Waals surface area contributed by atoms with Crippen molar-refractivity contribution in [1.29, 1.82) is 0 Å². The maximum atomic E-state index is 13.1. The largest absolute Gasteiger partial charge is 0.453 e. The van der Waals surface area contributed by atoms with E-state index >= 15 is 0 Å². The highest BCUT2D eigenvalue weighted by atomic mass is 16.5. The molecule has 0 saturated carbocycles. The van der Waals surface area contributed by atoms with Crippen LogP contribution in [0.1, 0.15) is 65.1 Å². The number of nitrogens with one attached hydrogen (secondary N) is 2. The smallest absolute Gasteiger partial charge is 0.437 e. The van der Waals surface area contributed by atoms with Crippen molar-refractivity contribution in [3.63, 3.8) is 0 Å². The molecule has 2 heterocycles. The summed E-state index contributed by atoms with van der Waals surface area (Å²) in [5, 5.41) is 8.96. The molecule has 3 amide bonds. The number of methoxy groups -OCH3 is 1. The molecule has 1 aromatic heterocycles. The minimum atomic E-state index is -0.993. The molecule has 3 atom stereocenters. The van der Waals surface area contributed by atoms with Gasteiger partial charge in [0.05, 0.1) is 13.2 Å². The number of ether oxygens (including phenoxy) is 1. The van der Waals surface area contributed by atoms with Crippen molar-refractivity contribution in [2.24, 2.45) is 18.9 Å². The van der Waals surface area contributed by atoms with E-state index in [9.17, 15) is 24.0 Å². The molecule has 2 rings (SSSR count). The molecule has 1 aliphatic heterocycles. The number of amides is 3. The fraction of sp³-hybridized carbons (Fsp3) is 0.727. The maximum Gasteiger partial charge on any atom is 0.437 e. The molecule has 192 valence electrons. The number of aromatic nitrogens is 2. The summed E-state index contributed by atoms with van der Waals surface area (Å²) in [4.78, 5) is 63.6. The van der Waals surface area contributed by atoms with Crippen molar-refractivity contribution < 1.29 is 28.3 Å². The van der Waals surface area contributed by atoms with Crippen LogP contribution in [0.4, 0.5) is 4.79 Å². The predicted molar refractivity (Wildman–Crippen MR) is 123 cm³/mol. The first-order valence-corrected chi connectivity index (χ1v) is 11.5. The zero-order valence-electron chi connectivity index (χ0n) is 21.2. The Morgan fingerprint density at radius 3 is 2.12 bits per heavy atom. The highest BCUT2D eigenvalue weighted by molar-refractivity contribution is 6.00. The van der Waals surface area contributed by atoms with Gasteiger partial charge in [0.1, 0.15) is 12.1 Å². The Morgan fingerprint density at radius 1 is 1.06 bits per heavy atom. The fourth-order valence-corrected chi connectivity index (χ4v) is 3.54. The summed E-state index contributed by atoms with van der Waals surface area (Å²) in [5.74, 6) is -3.26. The maximum absolute atomic E-state index is 13.1. The standard InChI is InChI=1S/C20H31N5O7.C2H6/c1-10(2)13(15(26)17-23-24(5)20(30)32-17)21-16(27)12-8-7-9-25(12)18(28)14(11(3)4)22-19(29)31-6;1-2/h10-14H,7-9H2,1-6H3,(H,21,27)(H,22,29);1-2H3/t12-,13-,14-;/m0./s1. The van der Waals surface area contributed by atoms with Crippen LogP contribution in [0.5, 0.6) is 0 Å². The van der Waals surface area contributed by atoms with E-state index in [-0.39, 0.29) is 11.8 Å². The summed E-state index contributed by atoms with van der Waals surface area (Å²) < 4.78 is 10.4. The van der Waals surface area contributed by atoms with Crippen LogP contribution in [0, 0.1) is 11.8 Å². The van der Waals surface area contributed by atoms with Gasteiger partial charge in [0.2, 0.25) is 17.6 Å². The number of alkyl carbamates (subject to hydrolysis) is 1. The van der Waals surface area contributed by atoms with Gasteiger partial charge in [0, 0.05) is 13.6 Å². The second kappa shape index (κ2) is 12.9. The third-order valence-corrected chi connectivity index (χ3v) is 5.38. The second-order valence-electron chi connectivity index (χ2n) is 8.44. The third-order valence-electron chi connectivity index (χ3n) is 5.38. The number of carbonyl (C=O) groups excluding carboxylic acids is 4. The number of likely N-dealkylation sites (tertiary alicyclic amines) is 1. The first-order valence-electron chi connectivity index (χ1n) is 11.5. The molecule has 0 spiro atoms. The van der Waals surface area contributed by atoms with Gasteiger partial charge in [-0.15, -0.1) is 5.10 Å². The van der Waals surface area contributed by atoms with Crippen molar-refractivity contribution in [3.8, 4) is 0 Å². The molecule has 1 fully saturated rings. The fourth-order valence-electron chi connectivity index (χ4n) is 3.54. The normalized spacial score (nSPS) is 17.0. The number of Topliss-reactive ketones (excluding diaryl/α,β-unsaturated/α-hetero) is 1. The van der Waals surface area contributed by atoms with Gasteiger partial charge in [-0.2, -0.15) is 4.68 Å². The van der Waals surface area contributed by atoms with E-state index in [0.29, 0.717) is 19.4 Å².